The minimum Gasteiger partial charge on any atom is -0.394 e. The number of nitrogens with zero attached hydrogens (tertiary/aromatic N) is 1. The Bertz CT molecular complexity index is 825. The first kappa shape index (κ1) is 23.7. The lowest BCUT2D eigenvalue weighted by Crippen LogP contribution is -2.54. The first-order valence-electron chi connectivity index (χ1n) is 8.54. The molecule has 0 bridgehead atoms. The number of rotatable bonds is 7. The van der Waals surface area contributed by atoms with E-state index >= 15 is 0 Å². The normalized spacial score (nSPS) is 11.6. The van der Waals surface area contributed by atoms with Crippen molar-refractivity contribution in [2.24, 2.45) is 0 Å². The van der Waals surface area contributed by atoms with Gasteiger partial charge in [0.1, 0.15) is 0 Å². The zero-order valence-electron chi connectivity index (χ0n) is 16.4. The van der Waals surface area contributed by atoms with E-state index in [1.165, 1.54) is 38.8 Å². The number of carbonyl (C=O) groups excluding carboxylic acids is 3. The Hall–Kier alpha value is -3.37. The first-order chi connectivity index (χ1) is 13.9. The van der Waals surface area contributed by atoms with E-state index in [1.807, 2.05) is 0 Å². The van der Waals surface area contributed by atoms with Crippen LogP contribution in [0.1, 0.15) is 22.3 Å². The maximum Gasteiger partial charge on any atom is 0.275 e. The maximum atomic E-state index is 12.6. The molecule has 9 heteroatoms. The number of likely N-dealkylation sites (N-methyl/N-ethyl adjacent to an activating group) is 2. The van der Waals surface area contributed by atoms with Gasteiger partial charge < -0.3 is 20.1 Å². The fourth-order valence-corrected chi connectivity index (χ4v) is 2.22. The molecule has 29 heavy (non-hydrogen) atoms. The average molecular weight is 401 g/mol. The number of ether oxygens (including phenoxy) is 1. The van der Waals surface area contributed by atoms with Gasteiger partial charge in [-0.3, -0.25) is 19.6 Å². The number of nitrogens with one attached hydrogen (secondary N) is 2. The van der Waals surface area contributed by atoms with Crippen LogP contribution in [0.25, 0.3) is 0 Å². The number of hydrogen-bond acceptors (Lipinski definition) is 6. The number of hydrogen-bond donors (Lipinski definition) is 4. The van der Waals surface area contributed by atoms with Crippen LogP contribution in [-0.2, 0) is 14.3 Å². The third-order valence-electron chi connectivity index (χ3n) is 3.92. The molecule has 0 fully saturated rings. The van der Waals surface area contributed by atoms with Crippen LogP contribution in [0.3, 0.4) is 0 Å². The van der Waals surface area contributed by atoms with Crippen molar-refractivity contribution >= 4 is 17.7 Å². The molecule has 0 aromatic heterocycles. The van der Waals surface area contributed by atoms with Gasteiger partial charge in [0, 0.05) is 38.8 Å². The summed E-state index contributed by atoms with van der Waals surface area (Å²) in [6, 6.07) is 4.67. The largest absolute Gasteiger partial charge is 0.394 e. The van der Waals surface area contributed by atoms with Crippen LogP contribution < -0.4 is 10.8 Å². The molecule has 0 aliphatic heterocycles. The van der Waals surface area contributed by atoms with Crippen LogP contribution in [0.5, 0.6) is 0 Å². The highest BCUT2D eigenvalue weighted by molar-refractivity contribution is 6.08. The molecule has 9 nitrogen and oxygen atoms in total. The molecular formula is C20H23N3O6. The number of benzene rings is 1. The van der Waals surface area contributed by atoms with E-state index < -0.39 is 23.8 Å². The van der Waals surface area contributed by atoms with Gasteiger partial charge in [-0.05, 0) is 36.1 Å². The highest BCUT2D eigenvalue weighted by Crippen LogP contribution is 2.09. The molecule has 3 amide bonds. The van der Waals surface area contributed by atoms with Gasteiger partial charge >= 0.3 is 0 Å². The van der Waals surface area contributed by atoms with Crippen molar-refractivity contribution < 1.29 is 29.4 Å². The predicted molar refractivity (Wildman–Crippen MR) is 103 cm³/mol. The van der Waals surface area contributed by atoms with E-state index in [0.717, 1.165) is 4.90 Å². The van der Waals surface area contributed by atoms with Crippen LogP contribution in [0.4, 0.5) is 0 Å². The second-order valence-corrected chi connectivity index (χ2v) is 5.78. The SMILES string of the molecule is CNC(=O)C(C(=O)NO)N(C)C(=O)c1ccc(C#CC#CCC(CO)OC)cc1. The van der Waals surface area contributed by atoms with Crippen LogP contribution >= 0.6 is 0 Å². The predicted octanol–water partition coefficient (Wildman–Crippen LogP) is -0.869. The Labute approximate surface area is 169 Å². The lowest BCUT2D eigenvalue weighted by atomic mass is 10.1. The van der Waals surface area contributed by atoms with E-state index in [-0.39, 0.29) is 18.3 Å². The lowest BCUT2D eigenvalue weighted by Gasteiger charge is -2.25. The summed E-state index contributed by atoms with van der Waals surface area (Å²) in [4.78, 5) is 37.1. The van der Waals surface area contributed by atoms with Gasteiger partial charge in [-0.1, -0.05) is 11.8 Å². The Morgan fingerprint density at radius 3 is 2.34 bits per heavy atom. The van der Waals surface area contributed by atoms with Crippen molar-refractivity contribution in [1.29, 1.82) is 0 Å². The number of methoxy groups -OCH3 is 1. The van der Waals surface area contributed by atoms with Gasteiger partial charge in [0.15, 0.2) is 6.04 Å². The van der Waals surface area contributed by atoms with E-state index in [9.17, 15) is 14.4 Å². The molecule has 2 atom stereocenters. The highest BCUT2D eigenvalue weighted by Gasteiger charge is 2.33. The molecule has 0 aliphatic carbocycles. The van der Waals surface area contributed by atoms with Crippen LogP contribution in [-0.4, -0.2) is 72.9 Å². The van der Waals surface area contributed by atoms with Crippen molar-refractivity contribution in [3.63, 3.8) is 0 Å². The van der Waals surface area contributed by atoms with Gasteiger partial charge in [0.25, 0.3) is 17.7 Å². The monoisotopic (exact) mass is 401 g/mol. The number of aliphatic hydroxyl groups excluding tert-OH is 1. The molecule has 0 radical (unpaired) electrons. The van der Waals surface area contributed by atoms with Gasteiger partial charge in [0.05, 0.1) is 12.7 Å². The summed E-state index contributed by atoms with van der Waals surface area (Å²) in [6.07, 6.45) is 0.00756. The zero-order valence-corrected chi connectivity index (χ0v) is 16.4. The fourth-order valence-electron chi connectivity index (χ4n) is 2.22. The molecule has 1 aromatic rings. The van der Waals surface area contributed by atoms with Crippen LogP contribution in [0.2, 0.25) is 0 Å². The van der Waals surface area contributed by atoms with Gasteiger partial charge in [-0.15, -0.1) is 0 Å². The number of carbonyl (C=O) groups is 3. The second kappa shape index (κ2) is 12.2. The Morgan fingerprint density at radius 2 is 1.83 bits per heavy atom. The molecule has 154 valence electrons. The molecule has 4 N–H and O–H groups in total. The van der Waals surface area contributed by atoms with Crippen LogP contribution in [0.15, 0.2) is 24.3 Å². The van der Waals surface area contributed by atoms with Crippen molar-refractivity contribution in [1.82, 2.24) is 15.7 Å². The summed E-state index contributed by atoms with van der Waals surface area (Å²) < 4.78 is 4.98. The smallest absolute Gasteiger partial charge is 0.275 e. The van der Waals surface area contributed by atoms with E-state index in [0.29, 0.717) is 12.0 Å². The van der Waals surface area contributed by atoms with Crippen molar-refractivity contribution in [2.45, 2.75) is 18.6 Å². The van der Waals surface area contributed by atoms with Gasteiger partial charge in [-0.2, -0.15) is 0 Å². The Balaban J connectivity index is 2.87. The summed E-state index contributed by atoms with van der Waals surface area (Å²) in [5, 5.41) is 20.0. The summed E-state index contributed by atoms with van der Waals surface area (Å²) >= 11 is 0. The third-order valence-corrected chi connectivity index (χ3v) is 3.92. The topological polar surface area (TPSA) is 128 Å². The summed E-state index contributed by atoms with van der Waals surface area (Å²) in [6.45, 7) is -0.122. The molecule has 2 unspecified atom stereocenters. The van der Waals surface area contributed by atoms with Crippen molar-refractivity contribution in [3.05, 3.63) is 35.4 Å². The molecule has 0 saturated heterocycles. The Kier molecular flexibility index (Phi) is 9.92. The quantitative estimate of drug-likeness (QED) is 0.204. The minimum absolute atomic E-state index is 0.122. The molecular weight excluding hydrogens is 378 g/mol. The zero-order chi connectivity index (χ0) is 21.8. The lowest BCUT2D eigenvalue weighted by molar-refractivity contribution is -0.140. The van der Waals surface area contributed by atoms with E-state index in [2.05, 4.69) is 29.0 Å². The van der Waals surface area contributed by atoms with Gasteiger partial charge in [-0.25, -0.2) is 5.48 Å². The maximum absolute atomic E-state index is 12.6. The average Bonchev–Trinajstić information content (AvgIpc) is 2.75. The first-order valence-corrected chi connectivity index (χ1v) is 8.54. The molecule has 0 spiro atoms. The van der Waals surface area contributed by atoms with Crippen molar-refractivity contribution in [2.75, 3.05) is 27.8 Å². The minimum atomic E-state index is -1.53. The standard InChI is InChI=1S/C20H23N3O6/c1-21-18(25)17(19(26)22-28)23(2)20(27)15-11-9-14(10-12-15)7-5-4-6-8-16(13-24)29-3/h9-12,16-17,24,28H,8,13H2,1-3H3,(H,21,25)(H,22,26). The van der Waals surface area contributed by atoms with E-state index in [4.69, 9.17) is 15.1 Å². The molecule has 1 aromatic carbocycles. The molecule has 1 rings (SSSR count). The van der Waals surface area contributed by atoms with Gasteiger partial charge in [0.2, 0.25) is 0 Å². The second-order valence-electron chi connectivity index (χ2n) is 5.78. The summed E-state index contributed by atoms with van der Waals surface area (Å²) in [7, 11) is 4.08. The Morgan fingerprint density at radius 1 is 1.17 bits per heavy atom. The molecule has 0 heterocycles. The summed E-state index contributed by atoms with van der Waals surface area (Å²) in [5.74, 6) is 8.55. The molecule has 0 saturated carbocycles. The van der Waals surface area contributed by atoms with E-state index in [1.54, 1.807) is 12.1 Å². The summed E-state index contributed by atoms with van der Waals surface area (Å²) in [5.41, 5.74) is 2.22. The van der Waals surface area contributed by atoms with Crippen LogP contribution in [0, 0.1) is 23.7 Å². The molecule has 0 aliphatic rings. The third kappa shape index (κ3) is 6.94. The highest BCUT2D eigenvalue weighted by atomic mass is 16.5. The number of hydroxylamine groups is 1. The fraction of sp³-hybridized carbons (Fsp3) is 0.350. The number of aliphatic hydroxyl groups is 1. The number of amides is 3. The van der Waals surface area contributed by atoms with Crippen molar-refractivity contribution in [3.8, 4) is 23.7 Å².